The molecular weight excluding hydrogens is 674 g/mol. The molecular formula is C31H33Cl3F3N3O4S. The minimum absolute atomic E-state index is 0.101. The quantitative estimate of drug-likeness (QED) is 0.209. The zero-order valence-corrected chi connectivity index (χ0v) is 28.0. The molecule has 0 aromatic heterocycles. The number of halogens is 6. The number of alkyl halides is 3. The molecule has 0 aliphatic heterocycles. The Morgan fingerprint density at radius 2 is 1.58 bits per heavy atom. The molecule has 0 saturated heterocycles. The number of hydrogen-bond acceptors (Lipinski definition) is 4. The first-order valence-electron chi connectivity index (χ1n) is 13.9. The standard InChI is InChI=1S/C31H33Cl3F3N3O4S/c1-5-28(30(42)38-16-19(2)3)39(17-21-8-9-22(32)14-27(21)34)29(41)18-40(45(43,44)24-11-6-20(4)7-12-24)23-10-13-26(33)25(15-23)31(35,36)37/h6-15,19,28H,5,16-18H2,1-4H3,(H,38,42). The Kier molecular flexibility index (Phi) is 12.2. The van der Waals surface area contributed by atoms with Crippen molar-refractivity contribution in [1.29, 1.82) is 0 Å². The van der Waals surface area contributed by atoms with Crippen LogP contribution in [-0.2, 0) is 32.3 Å². The van der Waals surface area contributed by atoms with Crippen molar-refractivity contribution in [3.05, 3.63) is 92.4 Å². The summed E-state index contributed by atoms with van der Waals surface area (Å²) in [7, 11) is -4.60. The first kappa shape index (κ1) is 36.5. The summed E-state index contributed by atoms with van der Waals surface area (Å²) >= 11 is 18.3. The highest BCUT2D eigenvalue weighted by molar-refractivity contribution is 7.92. The smallest absolute Gasteiger partial charge is 0.354 e. The summed E-state index contributed by atoms with van der Waals surface area (Å²) in [5.74, 6) is -1.24. The fourth-order valence-electron chi connectivity index (χ4n) is 4.43. The molecule has 0 radical (unpaired) electrons. The van der Waals surface area contributed by atoms with E-state index in [2.05, 4.69) is 5.32 Å². The predicted octanol–water partition coefficient (Wildman–Crippen LogP) is 7.75. The van der Waals surface area contributed by atoms with Crippen LogP contribution in [-0.4, -0.2) is 44.3 Å². The van der Waals surface area contributed by atoms with Crippen LogP contribution in [0.5, 0.6) is 0 Å². The minimum Gasteiger partial charge on any atom is -0.354 e. The number of rotatable bonds is 12. The SMILES string of the molecule is CCC(C(=O)NCC(C)C)N(Cc1ccc(Cl)cc1Cl)C(=O)CN(c1ccc(Cl)c(C(F)(F)F)c1)S(=O)(=O)c1ccc(C)cc1. The van der Waals surface area contributed by atoms with Crippen molar-refractivity contribution in [3.8, 4) is 0 Å². The van der Waals surface area contributed by atoms with Crippen LogP contribution in [0.4, 0.5) is 18.9 Å². The maximum atomic E-state index is 14.2. The number of carbonyl (C=O) groups excluding carboxylic acids is 2. The number of anilines is 1. The van der Waals surface area contributed by atoms with Gasteiger partial charge in [0, 0.05) is 23.1 Å². The molecule has 14 heteroatoms. The third-order valence-electron chi connectivity index (χ3n) is 6.86. The van der Waals surface area contributed by atoms with Crippen LogP contribution in [0.25, 0.3) is 0 Å². The van der Waals surface area contributed by atoms with E-state index >= 15 is 0 Å². The highest BCUT2D eigenvalue weighted by Crippen LogP contribution is 2.38. The van der Waals surface area contributed by atoms with Gasteiger partial charge in [-0.3, -0.25) is 13.9 Å². The average Bonchev–Trinajstić information content (AvgIpc) is 2.95. The van der Waals surface area contributed by atoms with Crippen molar-refractivity contribution >= 4 is 62.3 Å². The van der Waals surface area contributed by atoms with Gasteiger partial charge in [0.25, 0.3) is 10.0 Å². The van der Waals surface area contributed by atoms with Gasteiger partial charge in [0.2, 0.25) is 11.8 Å². The lowest BCUT2D eigenvalue weighted by Gasteiger charge is -2.33. The van der Waals surface area contributed by atoms with Gasteiger partial charge in [-0.1, -0.05) is 79.3 Å². The van der Waals surface area contributed by atoms with Crippen LogP contribution in [0.1, 0.15) is 43.9 Å². The zero-order valence-electron chi connectivity index (χ0n) is 25.0. The Hall–Kier alpha value is -2.99. The summed E-state index contributed by atoms with van der Waals surface area (Å²) in [5, 5.41) is 2.69. The number of amides is 2. The zero-order chi connectivity index (χ0) is 33.7. The fraction of sp³-hybridized carbons (Fsp3) is 0.355. The van der Waals surface area contributed by atoms with E-state index in [0.717, 1.165) is 17.7 Å². The third-order valence-corrected chi connectivity index (χ3v) is 9.56. The van der Waals surface area contributed by atoms with Crippen molar-refractivity contribution in [2.24, 2.45) is 5.92 Å². The van der Waals surface area contributed by atoms with E-state index in [-0.39, 0.29) is 28.8 Å². The van der Waals surface area contributed by atoms with Crippen LogP contribution < -0.4 is 9.62 Å². The lowest BCUT2D eigenvalue weighted by Crippen LogP contribution is -2.52. The molecule has 1 N–H and O–H groups in total. The van der Waals surface area contributed by atoms with Gasteiger partial charge < -0.3 is 10.2 Å². The van der Waals surface area contributed by atoms with Crippen molar-refractivity contribution in [2.75, 3.05) is 17.4 Å². The Balaban J connectivity index is 2.16. The molecule has 7 nitrogen and oxygen atoms in total. The highest BCUT2D eigenvalue weighted by Gasteiger charge is 2.37. The molecule has 3 aromatic carbocycles. The molecule has 0 saturated carbocycles. The van der Waals surface area contributed by atoms with Gasteiger partial charge in [-0.2, -0.15) is 13.2 Å². The topological polar surface area (TPSA) is 86.8 Å². The summed E-state index contributed by atoms with van der Waals surface area (Å²) in [6, 6.07) is 11.7. The van der Waals surface area contributed by atoms with Crippen LogP contribution in [0.15, 0.2) is 65.6 Å². The van der Waals surface area contributed by atoms with Gasteiger partial charge in [0.1, 0.15) is 12.6 Å². The van der Waals surface area contributed by atoms with Gasteiger partial charge in [0.15, 0.2) is 0 Å². The van der Waals surface area contributed by atoms with Gasteiger partial charge in [-0.05, 0) is 67.3 Å². The van der Waals surface area contributed by atoms with Crippen molar-refractivity contribution < 1.29 is 31.2 Å². The van der Waals surface area contributed by atoms with Crippen LogP contribution in [0.2, 0.25) is 15.1 Å². The van der Waals surface area contributed by atoms with Crippen molar-refractivity contribution in [1.82, 2.24) is 10.2 Å². The molecule has 0 fully saturated rings. The van der Waals surface area contributed by atoms with Gasteiger partial charge in [0.05, 0.1) is 21.2 Å². The number of benzene rings is 3. The number of nitrogens with zero attached hydrogens (tertiary/aromatic N) is 2. The molecule has 45 heavy (non-hydrogen) atoms. The summed E-state index contributed by atoms with van der Waals surface area (Å²) in [6.07, 6.45) is -4.76. The first-order chi connectivity index (χ1) is 20.9. The molecule has 0 bridgehead atoms. The molecule has 2 amide bonds. The van der Waals surface area contributed by atoms with Crippen LogP contribution in [0.3, 0.4) is 0 Å². The predicted molar refractivity (Wildman–Crippen MR) is 171 cm³/mol. The fourth-order valence-corrected chi connectivity index (χ4v) is 6.53. The molecule has 3 rings (SSSR count). The highest BCUT2D eigenvalue weighted by atomic mass is 35.5. The molecule has 1 unspecified atom stereocenters. The van der Waals surface area contributed by atoms with E-state index in [1.54, 1.807) is 26.0 Å². The Morgan fingerprint density at radius 3 is 2.13 bits per heavy atom. The molecule has 0 heterocycles. The van der Waals surface area contributed by atoms with E-state index in [1.165, 1.54) is 35.2 Å². The monoisotopic (exact) mass is 705 g/mol. The minimum atomic E-state index is -4.91. The molecule has 0 spiro atoms. The third kappa shape index (κ3) is 9.28. The second-order valence-corrected chi connectivity index (χ2v) is 13.9. The molecule has 1 atom stereocenters. The number of hydrogen-bond donors (Lipinski definition) is 1. The summed E-state index contributed by atoms with van der Waals surface area (Å²) in [6.45, 7) is 6.38. The van der Waals surface area contributed by atoms with Crippen LogP contribution in [0, 0.1) is 12.8 Å². The normalized spacial score (nSPS) is 12.6. The lowest BCUT2D eigenvalue weighted by molar-refractivity contribution is -0.140. The lowest BCUT2D eigenvalue weighted by atomic mass is 10.1. The van der Waals surface area contributed by atoms with E-state index in [9.17, 15) is 31.2 Å². The van der Waals surface area contributed by atoms with E-state index in [4.69, 9.17) is 34.8 Å². The maximum Gasteiger partial charge on any atom is 0.417 e. The number of sulfonamides is 1. The first-order valence-corrected chi connectivity index (χ1v) is 16.5. The van der Waals surface area contributed by atoms with E-state index in [1.807, 2.05) is 13.8 Å². The number of carbonyl (C=O) groups is 2. The number of nitrogens with one attached hydrogen (secondary N) is 1. The van der Waals surface area contributed by atoms with E-state index in [0.29, 0.717) is 27.5 Å². The second kappa shape index (κ2) is 15.1. The molecule has 0 aliphatic rings. The Labute approximate surface area is 276 Å². The second-order valence-electron chi connectivity index (χ2n) is 10.8. The molecule has 3 aromatic rings. The van der Waals surface area contributed by atoms with E-state index < -0.39 is 56.9 Å². The average molecular weight is 707 g/mol. The maximum absolute atomic E-state index is 14.2. The van der Waals surface area contributed by atoms with Crippen LogP contribution >= 0.6 is 34.8 Å². The summed E-state index contributed by atoms with van der Waals surface area (Å²) in [5.41, 5.74) is -0.556. The van der Waals surface area contributed by atoms with Gasteiger partial charge >= 0.3 is 6.18 Å². The van der Waals surface area contributed by atoms with Gasteiger partial charge in [-0.25, -0.2) is 8.42 Å². The summed E-state index contributed by atoms with van der Waals surface area (Å²) < 4.78 is 70.0. The Bertz CT molecular complexity index is 1640. The molecule has 244 valence electrons. The van der Waals surface area contributed by atoms with Crippen molar-refractivity contribution in [3.63, 3.8) is 0 Å². The molecule has 0 aliphatic carbocycles. The van der Waals surface area contributed by atoms with Gasteiger partial charge in [-0.15, -0.1) is 0 Å². The Morgan fingerprint density at radius 1 is 0.933 bits per heavy atom. The summed E-state index contributed by atoms with van der Waals surface area (Å²) in [4.78, 5) is 28.4. The number of aryl methyl sites for hydroxylation is 1. The van der Waals surface area contributed by atoms with Crippen molar-refractivity contribution in [2.45, 2.75) is 57.8 Å². The largest absolute Gasteiger partial charge is 0.417 e.